The summed E-state index contributed by atoms with van der Waals surface area (Å²) in [4.78, 5) is 5.66. The van der Waals surface area contributed by atoms with Crippen molar-refractivity contribution in [3.8, 4) is 5.69 Å². The van der Waals surface area contributed by atoms with Crippen LogP contribution in [0.2, 0.25) is 0 Å². The van der Waals surface area contributed by atoms with Gasteiger partial charge in [0.2, 0.25) is 0 Å². The SMILES string of the molecule is c1cc2c3c(c1)Sc1ccc4c5ccc6c7ccccc7sc6c5n5c4c1B3c1c(cccc1-5)S2. The summed E-state index contributed by atoms with van der Waals surface area (Å²) in [6.07, 6.45) is 0. The van der Waals surface area contributed by atoms with E-state index in [0.717, 1.165) is 0 Å². The summed E-state index contributed by atoms with van der Waals surface area (Å²) in [7, 11) is 0. The lowest BCUT2D eigenvalue weighted by atomic mass is 9.35. The molecule has 160 valence electrons. The van der Waals surface area contributed by atoms with Gasteiger partial charge in [-0.1, -0.05) is 72.1 Å². The third-order valence-electron chi connectivity index (χ3n) is 8.05. The smallest absolute Gasteiger partial charge is 0.252 e. The van der Waals surface area contributed by atoms with Gasteiger partial charge < -0.3 is 4.57 Å². The highest BCUT2D eigenvalue weighted by Crippen LogP contribution is 2.47. The van der Waals surface area contributed by atoms with Gasteiger partial charge in [0.05, 0.1) is 15.7 Å². The number of hydrogen-bond acceptors (Lipinski definition) is 3. The van der Waals surface area contributed by atoms with E-state index in [0.29, 0.717) is 6.71 Å². The Bertz CT molecular complexity index is 2120. The average Bonchev–Trinajstić information content (AvgIpc) is 3.44. The summed E-state index contributed by atoms with van der Waals surface area (Å²) >= 11 is 5.84. The van der Waals surface area contributed by atoms with Gasteiger partial charge in [0.25, 0.3) is 6.71 Å². The summed E-state index contributed by atoms with van der Waals surface area (Å²) in [5.41, 5.74) is 8.68. The highest BCUT2D eigenvalue weighted by Gasteiger charge is 2.44. The van der Waals surface area contributed by atoms with Crippen LogP contribution in [0.1, 0.15) is 0 Å². The maximum Gasteiger partial charge on any atom is 0.252 e. The zero-order valence-electron chi connectivity index (χ0n) is 18.3. The van der Waals surface area contributed by atoms with Crippen LogP contribution in [0.25, 0.3) is 47.7 Å². The Morgan fingerprint density at radius 1 is 0.514 bits per heavy atom. The molecule has 0 saturated carbocycles. The summed E-state index contributed by atoms with van der Waals surface area (Å²) in [6.45, 7) is 0.323. The van der Waals surface area contributed by atoms with E-state index >= 15 is 0 Å². The van der Waals surface area contributed by atoms with E-state index in [1.807, 2.05) is 34.9 Å². The summed E-state index contributed by atoms with van der Waals surface area (Å²) in [5.74, 6) is 0. The molecule has 3 aliphatic heterocycles. The van der Waals surface area contributed by atoms with Crippen LogP contribution in [0.5, 0.6) is 0 Å². The largest absolute Gasteiger partial charge is 0.309 e. The Balaban J connectivity index is 1.50. The molecule has 7 aromatic rings. The molecule has 5 heteroatoms. The Hall–Kier alpha value is -3.12. The summed E-state index contributed by atoms with van der Waals surface area (Å²) in [6, 6.07) is 32.1. The Morgan fingerprint density at radius 2 is 1.20 bits per heavy atom. The fraction of sp³-hybridized carbons (Fsp3) is 0. The molecule has 0 aliphatic carbocycles. The van der Waals surface area contributed by atoms with Gasteiger partial charge in [-0.05, 0) is 52.8 Å². The van der Waals surface area contributed by atoms with Crippen LogP contribution < -0.4 is 16.4 Å². The average molecular weight is 495 g/mol. The van der Waals surface area contributed by atoms with Crippen LogP contribution in [0, 0.1) is 0 Å². The van der Waals surface area contributed by atoms with Gasteiger partial charge >= 0.3 is 0 Å². The summed E-state index contributed by atoms with van der Waals surface area (Å²) in [5, 5.41) is 5.49. The van der Waals surface area contributed by atoms with Crippen molar-refractivity contribution in [1.82, 2.24) is 4.57 Å². The molecule has 0 amide bonds. The highest BCUT2D eigenvalue weighted by molar-refractivity contribution is 8.01. The number of rotatable bonds is 0. The van der Waals surface area contributed by atoms with Gasteiger partial charge in [-0.2, -0.15) is 0 Å². The molecule has 2 aromatic heterocycles. The van der Waals surface area contributed by atoms with Crippen LogP contribution in [0.4, 0.5) is 0 Å². The van der Waals surface area contributed by atoms with Crippen molar-refractivity contribution in [2.75, 3.05) is 0 Å². The number of aromatic nitrogens is 1. The van der Waals surface area contributed by atoms with Gasteiger partial charge in [0.1, 0.15) is 0 Å². The molecule has 0 atom stereocenters. The van der Waals surface area contributed by atoms with Crippen LogP contribution in [-0.2, 0) is 0 Å². The molecule has 35 heavy (non-hydrogen) atoms. The van der Waals surface area contributed by atoms with Crippen molar-refractivity contribution in [3.63, 3.8) is 0 Å². The van der Waals surface area contributed by atoms with E-state index in [1.54, 1.807) is 0 Å². The zero-order chi connectivity index (χ0) is 22.4. The first-order valence-corrected chi connectivity index (χ1v) is 14.3. The first-order valence-electron chi connectivity index (χ1n) is 11.9. The predicted molar refractivity (Wildman–Crippen MR) is 153 cm³/mol. The molecule has 5 heterocycles. The first kappa shape index (κ1) is 18.2. The van der Waals surface area contributed by atoms with Crippen LogP contribution >= 0.6 is 34.9 Å². The fourth-order valence-electron chi connectivity index (χ4n) is 6.75. The van der Waals surface area contributed by atoms with Crippen molar-refractivity contribution in [3.05, 3.63) is 84.9 Å². The van der Waals surface area contributed by atoms with E-state index < -0.39 is 0 Å². The highest BCUT2D eigenvalue weighted by atomic mass is 32.2. The molecule has 0 unspecified atom stereocenters. The van der Waals surface area contributed by atoms with Gasteiger partial charge in [-0.25, -0.2) is 0 Å². The normalized spacial score (nSPS) is 14.6. The van der Waals surface area contributed by atoms with E-state index in [-0.39, 0.29) is 0 Å². The van der Waals surface area contributed by atoms with Gasteiger partial charge in [-0.15, -0.1) is 11.3 Å². The number of fused-ring (bicyclic) bond motifs is 8. The van der Waals surface area contributed by atoms with Gasteiger partial charge in [-0.3, -0.25) is 0 Å². The molecule has 1 nitrogen and oxygen atoms in total. The maximum absolute atomic E-state index is 2.62. The van der Waals surface area contributed by atoms with Gasteiger partial charge in [0.15, 0.2) is 0 Å². The molecule has 0 N–H and O–H groups in total. The van der Waals surface area contributed by atoms with Crippen molar-refractivity contribution < 1.29 is 0 Å². The molecule has 3 aliphatic rings. The van der Waals surface area contributed by atoms with Crippen molar-refractivity contribution in [2.24, 2.45) is 0 Å². The first-order chi connectivity index (χ1) is 17.4. The van der Waals surface area contributed by atoms with Crippen LogP contribution in [0.3, 0.4) is 0 Å². The minimum atomic E-state index is 0.323. The van der Waals surface area contributed by atoms with E-state index in [1.165, 1.54) is 83.6 Å². The molecule has 0 radical (unpaired) electrons. The van der Waals surface area contributed by atoms with Crippen molar-refractivity contribution in [1.29, 1.82) is 0 Å². The van der Waals surface area contributed by atoms with E-state index in [4.69, 9.17) is 0 Å². The molecule has 0 saturated heterocycles. The monoisotopic (exact) mass is 495 g/mol. The van der Waals surface area contributed by atoms with Crippen LogP contribution in [-0.4, -0.2) is 11.3 Å². The minimum absolute atomic E-state index is 0.323. The molecule has 10 rings (SSSR count). The Morgan fingerprint density at radius 3 is 2.09 bits per heavy atom. The zero-order valence-corrected chi connectivity index (χ0v) is 20.8. The molecule has 0 spiro atoms. The topological polar surface area (TPSA) is 4.93 Å². The molecular weight excluding hydrogens is 481 g/mol. The third kappa shape index (κ3) is 1.99. The Labute approximate surface area is 213 Å². The molecule has 5 aromatic carbocycles. The van der Waals surface area contributed by atoms with Crippen molar-refractivity contribution >= 4 is 99.9 Å². The number of hydrogen-bond donors (Lipinski definition) is 0. The van der Waals surface area contributed by atoms with E-state index in [9.17, 15) is 0 Å². The quantitative estimate of drug-likeness (QED) is 0.211. The van der Waals surface area contributed by atoms with Crippen molar-refractivity contribution in [2.45, 2.75) is 19.6 Å². The number of benzene rings is 5. The molecule has 0 fully saturated rings. The lowest BCUT2D eigenvalue weighted by Gasteiger charge is -2.37. The molecule has 0 bridgehead atoms. The number of thiophene rings is 1. The predicted octanol–water partition coefficient (Wildman–Crippen LogP) is 6.91. The lowest BCUT2D eigenvalue weighted by Crippen LogP contribution is -2.61. The Kier molecular flexibility index (Phi) is 3.11. The minimum Gasteiger partial charge on any atom is -0.309 e. The molecular formula is C30H14BNS3. The summed E-state index contributed by atoms with van der Waals surface area (Å²) < 4.78 is 5.39. The standard InChI is InChI=1S/C30H14BNS3/c1-2-7-20-15(5-1)18-12-11-17-16-13-14-24-27-28(16)32(29(17)30(18)35-20)19-6-3-8-21-25(19)31(27)26-22(33-21)9-4-10-23(26)34-24/h1-14H. The van der Waals surface area contributed by atoms with Gasteiger partial charge in [0, 0.05) is 51.5 Å². The fourth-order valence-corrected chi connectivity index (χ4v) is 10.4. The van der Waals surface area contributed by atoms with Crippen LogP contribution in [0.15, 0.2) is 105 Å². The second-order valence-electron chi connectivity index (χ2n) is 9.64. The maximum atomic E-state index is 2.62. The number of nitrogens with zero attached hydrogens (tertiary/aromatic N) is 1. The third-order valence-corrected chi connectivity index (χ3v) is 11.5. The van der Waals surface area contributed by atoms with E-state index in [2.05, 4.69) is 89.5 Å². The second-order valence-corrected chi connectivity index (χ2v) is 12.9. The lowest BCUT2D eigenvalue weighted by molar-refractivity contribution is 1.17. The second kappa shape index (κ2) is 5.99.